The average Bonchev–Trinajstić information content (AvgIpc) is 3.18. The van der Waals surface area contributed by atoms with Crippen LogP contribution < -0.4 is 0 Å². The maximum atomic E-state index is 12.2. The summed E-state index contributed by atoms with van der Waals surface area (Å²) in [5.74, 6) is -0.371. The van der Waals surface area contributed by atoms with Crippen LogP contribution in [0.4, 0.5) is 0 Å². The van der Waals surface area contributed by atoms with Crippen LogP contribution in [0.25, 0.3) is 10.9 Å². The Morgan fingerprint density at radius 2 is 2.14 bits per heavy atom. The quantitative estimate of drug-likeness (QED) is 0.581. The number of nitrogens with zero attached hydrogens (tertiary/aromatic N) is 1. The van der Waals surface area contributed by atoms with Gasteiger partial charge in [0.1, 0.15) is 6.04 Å². The second kappa shape index (κ2) is 5.89. The predicted molar refractivity (Wildman–Crippen MR) is 82.9 cm³/mol. The Kier molecular flexibility index (Phi) is 3.78. The summed E-state index contributed by atoms with van der Waals surface area (Å²) in [6, 6.07) is 10.8. The number of methoxy groups -OCH3 is 1. The monoisotopic (exact) mass is 296 g/mol. The molecule has 3 aromatic rings. The Labute approximate surface area is 127 Å². The summed E-state index contributed by atoms with van der Waals surface area (Å²) in [5, 5.41) is 1.07. The summed E-state index contributed by atoms with van der Waals surface area (Å²) in [4.78, 5) is 26.5. The van der Waals surface area contributed by atoms with Gasteiger partial charge in [-0.2, -0.15) is 0 Å². The Morgan fingerprint density at radius 3 is 2.91 bits per heavy atom. The van der Waals surface area contributed by atoms with Gasteiger partial charge >= 0.3 is 5.97 Å². The van der Waals surface area contributed by atoms with Crippen LogP contribution in [0.15, 0.2) is 48.8 Å². The van der Waals surface area contributed by atoms with Crippen molar-refractivity contribution in [2.75, 3.05) is 7.11 Å². The van der Waals surface area contributed by atoms with E-state index in [2.05, 4.69) is 4.98 Å². The van der Waals surface area contributed by atoms with Crippen molar-refractivity contribution in [2.24, 2.45) is 0 Å². The number of aromatic nitrogens is 2. The highest BCUT2D eigenvalue weighted by Gasteiger charge is 2.24. The molecule has 5 nitrogen and oxygen atoms in total. The van der Waals surface area contributed by atoms with Gasteiger partial charge in [0.2, 0.25) is 0 Å². The molecule has 0 saturated heterocycles. The highest BCUT2D eigenvalue weighted by atomic mass is 16.5. The molecule has 0 saturated carbocycles. The summed E-state index contributed by atoms with van der Waals surface area (Å²) in [7, 11) is 1.36. The summed E-state index contributed by atoms with van der Waals surface area (Å²) in [6.07, 6.45) is 4.81. The second-order valence-corrected chi connectivity index (χ2v) is 5.06. The number of benzene rings is 1. The smallest absolute Gasteiger partial charge is 0.329 e. The third kappa shape index (κ3) is 2.41. The molecule has 2 heterocycles. The fourth-order valence-corrected chi connectivity index (χ4v) is 2.73. The van der Waals surface area contributed by atoms with E-state index in [0.717, 1.165) is 22.8 Å². The summed E-state index contributed by atoms with van der Waals surface area (Å²) >= 11 is 0. The minimum atomic E-state index is -0.570. The molecule has 5 heteroatoms. The Bertz CT molecular complexity index is 816. The number of carbonyl (C=O) groups is 2. The number of ether oxygens (including phenoxy) is 1. The zero-order valence-corrected chi connectivity index (χ0v) is 12.2. The first-order chi connectivity index (χ1) is 10.7. The van der Waals surface area contributed by atoms with E-state index in [-0.39, 0.29) is 5.97 Å². The van der Waals surface area contributed by atoms with E-state index < -0.39 is 6.04 Å². The van der Waals surface area contributed by atoms with Crippen LogP contribution in [0.1, 0.15) is 22.1 Å². The number of esters is 1. The van der Waals surface area contributed by atoms with Crippen LogP contribution in [-0.2, 0) is 16.0 Å². The van der Waals surface area contributed by atoms with E-state index in [0.29, 0.717) is 12.1 Å². The first kappa shape index (κ1) is 14.1. The van der Waals surface area contributed by atoms with Gasteiger partial charge in [0.25, 0.3) is 0 Å². The molecule has 22 heavy (non-hydrogen) atoms. The third-order valence-corrected chi connectivity index (χ3v) is 3.83. The Hall–Kier alpha value is -2.82. The van der Waals surface area contributed by atoms with Crippen LogP contribution in [0, 0.1) is 0 Å². The van der Waals surface area contributed by atoms with Crippen LogP contribution in [0.3, 0.4) is 0 Å². The van der Waals surface area contributed by atoms with Gasteiger partial charge in [-0.05, 0) is 23.8 Å². The molecule has 0 bridgehead atoms. The van der Waals surface area contributed by atoms with Crippen LogP contribution >= 0.6 is 0 Å². The van der Waals surface area contributed by atoms with E-state index in [1.54, 1.807) is 22.9 Å². The van der Waals surface area contributed by atoms with Gasteiger partial charge in [0.05, 0.1) is 12.8 Å². The third-order valence-electron chi connectivity index (χ3n) is 3.83. The van der Waals surface area contributed by atoms with Crippen LogP contribution in [-0.4, -0.2) is 28.9 Å². The number of hydrogen-bond acceptors (Lipinski definition) is 3. The molecule has 112 valence electrons. The van der Waals surface area contributed by atoms with Crippen molar-refractivity contribution in [1.29, 1.82) is 0 Å². The minimum Gasteiger partial charge on any atom is -0.467 e. The Balaban J connectivity index is 2.00. The van der Waals surface area contributed by atoms with Gasteiger partial charge in [-0.1, -0.05) is 18.2 Å². The van der Waals surface area contributed by atoms with Crippen LogP contribution in [0.5, 0.6) is 0 Å². The molecule has 1 N–H and O–H groups in total. The molecule has 2 aromatic heterocycles. The largest absolute Gasteiger partial charge is 0.467 e. The summed E-state index contributed by atoms with van der Waals surface area (Å²) in [6.45, 7) is 0. The fourth-order valence-electron chi connectivity index (χ4n) is 2.73. The molecule has 0 radical (unpaired) electrons. The van der Waals surface area contributed by atoms with Crippen molar-refractivity contribution in [1.82, 2.24) is 9.55 Å². The van der Waals surface area contributed by atoms with Gasteiger partial charge in [-0.15, -0.1) is 0 Å². The van der Waals surface area contributed by atoms with Crippen molar-refractivity contribution < 1.29 is 14.3 Å². The summed E-state index contributed by atoms with van der Waals surface area (Å²) < 4.78 is 6.56. The number of para-hydroxylation sites is 1. The summed E-state index contributed by atoms with van der Waals surface area (Å²) in [5.41, 5.74) is 2.48. The van der Waals surface area contributed by atoms with Crippen molar-refractivity contribution in [3.05, 3.63) is 60.0 Å². The van der Waals surface area contributed by atoms with Gasteiger partial charge in [0.15, 0.2) is 6.29 Å². The molecule has 0 fully saturated rings. The molecule has 3 rings (SSSR count). The second-order valence-electron chi connectivity index (χ2n) is 5.06. The molecule has 0 aliphatic rings. The zero-order valence-electron chi connectivity index (χ0n) is 12.2. The lowest BCUT2D eigenvalue weighted by Crippen LogP contribution is -2.24. The zero-order chi connectivity index (χ0) is 15.5. The molecule has 0 spiro atoms. The molecule has 0 aliphatic carbocycles. The van der Waals surface area contributed by atoms with Gasteiger partial charge < -0.3 is 14.3 Å². The van der Waals surface area contributed by atoms with Crippen molar-refractivity contribution >= 4 is 23.2 Å². The number of rotatable bonds is 5. The first-order valence-electron chi connectivity index (χ1n) is 6.99. The molecular weight excluding hydrogens is 280 g/mol. The molecule has 0 amide bonds. The van der Waals surface area contributed by atoms with Crippen molar-refractivity contribution in [2.45, 2.75) is 12.5 Å². The van der Waals surface area contributed by atoms with E-state index in [4.69, 9.17) is 4.74 Å². The Morgan fingerprint density at radius 1 is 1.32 bits per heavy atom. The number of hydrogen-bond donors (Lipinski definition) is 1. The van der Waals surface area contributed by atoms with E-state index in [9.17, 15) is 9.59 Å². The minimum absolute atomic E-state index is 0.371. The maximum absolute atomic E-state index is 12.2. The lowest BCUT2D eigenvalue weighted by Gasteiger charge is -2.17. The lowest BCUT2D eigenvalue weighted by molar-refractivity contribution is -0.144. The number of aldehydes is 1. The highest BCUT2D eigenvalue weighted by Crippen LogP contribution is 2.24. The van der Waals surface area contributed by atoms with E-state index in [1.165, 1.54) is 7.11 Å². The van der Waals surface area contributed by atoms with Crippen molar-refractivity contribution in [3.63, 3.8) is 0 Å². The standard InChI is InChI=1S/C17H16N2O3/c1-22-17(21)16(19-8-4-5-13(19)11-20)9-12-10-18-15-7-3-2-6-14(12)15/h2-8,10-11,16,18H,9H2,1H3/t16-/m0/s1. The number of H-pyrrole nitrogens is 1. The number of nitrogens with one attached hydrogen (secondary N) is 1. The first-order valence-corrected chi connectivity index (χ1v) is 6.99. The normalized spacial score (nSPS) is 12.2. The SMILES string of the molecule is COC(=O)[C@H](Cc1c[nH]c2ccccc12)n1cccc1C=O. The molecule has 1 aromatic carbocycles. The molecule has 0 unspecified atom stereocenters. The highest BCUT2D eigenvalue weighted by molar-refractivity contribution is 5.84. The number of aromatic amines is 1. The van der Waals surface area contributed by atoms with Gasteiger partial charge in [0, 0.05) is 29.7 Å². The maximum Gasteiger partial charge on any atom is 0.329 e. The topological polar surface area (TPSA) is 64.1 Å². The average molecular weight is 296 g/mol. The fraction of sp³-hybridized carbons (Fsp3) is 0.176. The number of carbonyl (C=O) groups excluding carboxylic acids is 2. The molecular formula is C17H16N2O3. The number of fused-ring (bicyclic) bond motifs is 1. The van der Waals surface area contributed by atoms with E-state index in [1.807, 2.05) is 30.5 Å². The lowest BCUT2D eigenvalue weighted by atomic mass is 10.0. The predicted octanol–water partition coefficient (Wildman–Crippen LogP) is 2.74. The van der Waals surface area contributed by atoms with E-state index >= 15 is 0 Å². The van der Waals surface area contributed by atoms with Crippen LogP contribution in [0.2, 0.25) is 0 Å². The molecule has 0 aliphatic heterocycles. The van der Waals surface area contributed by atoms with Gasteiger partial charge in [-0.3, -0.25) is 4.79 Å². The van der Waals surface area contributed by atoms with Gasteiger partial charge in [-0.25, -0.2) is 4.79 Å². The molecule has 1 atom stereocenters. The van der Waals surface area contributed by atoms with Crippen molar-refractivity contribution in [3.8, 4) is 0 Å².